The lowest BCUT2D eigenvalue weighted by molar-refractivity contribution is 0.195. The lowest BCUT2D eigenvalue weighted by Gasteiger charge is -2.13. The molecule has 0 bridgehead atoms. The van der Waals surface area contributed by atoms with Crippen LogP contribution in [0.25, 0.3) is 0 Å². The summed E-state index contributed by atoms with van der Waals surface area (Å²) in [7, 11) is 1.70. The van der Waals surface area contributed by atoms with Gasteiger partial charge in [0.1, 0.15) is 5.75 Å². The minimum Gasteiger partial charge on any atom is -0.493 e. The summed E-state index contributed by atoms with van der Waals surface area (Å²) in [4.78, 5) is 0. The molecule has 110 valence electrons. The van der Waals surface area contributed by atoms with Crippen molar-refractivity contribution in [2.24, 2.45) is 0 Å². The minimum absolute atomic E-state index is 0.660. The molecule has 0 saturated heterocycles. The van der Waals surface area contributed by atoms with Crippen molar-refractivity contribution in [2.75, 3.05) is 26.9 Å². The van der Waals surface area contributed by atoms with E-state index in [1.54, 1.807) is 7.11 Å². The zero-order valence-corrected chi connectivity index (χ0v) is 13.9. The van der Waals surface area contributed by atoms with Gasteiger partial charge in [-0.25, -0.2) is 0 Å². The average molecular weight is 359 g/mol. The third-order valence-electron chi connectivity index (χ3n) is 3.08. The third kappa shape index (κ3) is 4.33. The maximum Gasteiger partial charge on any atom is 0.166 e. The molecule has 0 aliphatic carbocycles. The molecule has 0 unspecified atom stereocenters. The van der Waals surface area contributed by atoms with Gasteiger partial charge in [-0.05, 0) is 36.3 Å². The van der Waals surface area contributed by atoms with Crippen LogP contribution < -0.4 is 15.4 Å². The van der Waals surface area contributed by atoms with Gasteiger partial charge in [-0.1, -0.05) is 15.9 Å². The van der Waals surface area contributed by atoms with E-state index in [4.69, 9.17) is 21.7 Å². The van der Waals surface area contributed by atoms with Gasteiger partial charge >= 0.3 is 0 Å². The predicted octanol–water partition coefficient (Wildman–Crippen LogP) is 2.38. The van der Waals surface area contributed by atoms with E-state index in [2.05, 4.69) is 38.7 Å². The number of hydrogen-bond donors (Lipinski definition) is 2. The van der Waals surface area contributed by atoms with Crippen LogP contribution in [0.5, 0.6) is 5.75 Å². The molecule has 0 amide bonds. The highest BCUT2D eigenvalue weighted by molar-refractivity contribution is 9.10. The third-order valence-corrected chi connectivity index (χ3v) is 3.82. The fourth-order valence-corrected chi connectivity index (χ4v) is 2.86. The summed E-state index contributed by atoms with van der Waals surface area (Å²) in [6.45, 7) is 2.98. The van der Waals surface area contributed by atoms with Gasteiger partial charge in [-0.15, -0.1) is 0 Å². The highest BCUT2D eigenvalue weighted by Gasteiger charge is 2.17. The quantitative estimate of drug-likeness (QED) is 0.603. The number of thiocarbonyl (C=S) groups is 1. The van der Waals surface area contributed by atoms with E-state index in [1.165, 1.54) is 5.56 Å². The molecular formula is C14H19BrN2O2S. The first-order chi connectivity index (χ1) is 9.70. The summed E-state index contributed by atoms with van der Waals surface area (Å²) < 4.78 is 11.8. The second kappa shape index (κ2) is 7.81. The highest BCUT2D eigenvalue weighted by atomic mass is 79.9. The molecule has 0 atom stereocenters. The molecule has 2 rings (SSSR count). The first-order valence-corrected chi connectivity index (χ1v) is 7.85. The summed E-state index contributed by atoms with van der Waals surface area (Å²) in [6.07, 6.45) is 1.91. The Morgan fingerprint density at radius 3 is 3.10 bits per heavy atom. The molecule has 2 N–H and O–H groups in total. The van der Waals surface area contributed by atoms with E-state index in [0.717, 1.165) is 48.4 Å². The van der Waals surface area contributed by atoms with Crippen LogP contribution >= 0.6 is 28.1 Å². The zero-order chi connectivity index (χ0) is 14.4. The van der Waals surface area contributed by atoms with Crippen molar-refractivity contribution in [3.05, 3.63) is 27.7 Å². The summed E-state index contributed by atoms with van der Waals surface area (Å²) in [5, 5.41) is 7.03. The van der Waals surface area contributed by atoms with Gasteiger partial charge in [0, 0.05) is 43.3 Å². The highest BCUT2D eigenvalue weighted by Crippen LogP contribution is 2.32. The van der Waals surface area contributed by atoms with Crippen LogP contribution in [-0.2, 0) is 17.7 Å². The molecule has 1 aliphatic rings. The van der Waals surface area contributed by atoms with Crippen molar-refractivity contribution in [1.82, 2.24) is 10.6 Å². The molecule has 20 heavy (non-hydrogen) atoms. The largest absolute Gasteiger partial charge is 0.493 e. The topological polar surface area (TPSA) is 42.5 Å². The second-order valence-corrected chi connectivity index (χ2v) is 5.93. The Kier molecular flexibility index (Phi) is 6.06. The maximum atomic E-state index is 5.69. The Balaban J connectivity index is 1.84. The number of methoxy groups -OCH3 is 1. The van der Waals surface area contributed by atoms with Crippen LogP contribution in [0.3, 0.4) is 0 Å². The number of hydrogen-bond acceptors (Lipinski definition) is 3. The Hall–Kier alpha value is -0.850. The van der Waals surface area contributed by atoms with Crippen LogP contribution in [0.1, 0.15) is 17.5 Å². The lowest BCUT2D eigenvalue weighted by atomic mass is 10.1. The molecule has 0 spiro atoms. The maximum absolute atomic E-state index is 5.69. The molecule has 1 aromatic carbocycles. The van der Waals surface area contributed by atoms with E-state index in [0.29, 0.717) is 11.7 Å². The van der Waals surface area contributed by atoms with E-state index < -0.39 is 0 Å². The van der Waals surface area contributed by atoms with Gasteiger partial charge in [-0.3, -0.25) is 0 Å². The molecule has 4 nitrogen and oxygen atoms in total. The van der Waals surface area contributed by atoms with Crippen molar-refractivity contribution in [2.45, 2.75) is 19.4 Å². The number of benzene rings is 1. The number of nitrogens with one attached hydrogen (secondary N) is 2. The van der Waals surface area contributed by atoms with Crippen LogP contribution in [-0.4, -0.2) is 32.0 Å². The van der Waals surface area contributed by atoms with E-state index in [1.807, 2.05) is 0 Å². The SMILES string of the molecule is COCCCNC(=S)NCc1cc(Br)cc2c1OCC2. The number of fused-ring (bicyclic) bond motifs is 1. The first-order valence-electron chi connectivity index (χ1n) is 6.65. The van der Waals surface area contributed by atoms with E-state index >= 15 is 0 Å². The molecular weight excluding hydrogens is 340 g/mol. The van der Waals surface area contributed by atoms with Gasteiger partial charge in [0.2, 0.25) is 0 Å². The molecule has 1 aliphatic heterocycles. The smallest absolute Gasteiger partial charge is 0.166 e. The minimum atomic E-state index is 0.660. The van der Waals surface area contributed by atoms with Crippen LogP contribution in [0, 0.1) is 0 Å². The first kappa shape index (κ1) is 15.5. The zero-order valence-electron chi connectivity index (χ0n) is 11.5. The summed E-state index contributed by atoms with van der Waals surface area (Å²) in [5.74, 6) is 1.00. The van der Waals surface area contributed by atoms with Gasteiger partial charge in [0.15, 0.2) is 5.11 Å². The molecule has 0 radical (unpaired) electrons. The predicted molar refractivity (Wildman–Crippen MR) is 87.3 cm³/mol. The van der Waals surface area contributed by atoms with Crippen molar-refractivity contribution < 1.29 is 9.47 Å². The van der Waals surface area contributed by atoms with E-state index in [9.17, 15) is 0 Å². The summed E-state index contributed by atoms with van der Waals surface area (Å²) >= 11 is 8.78. The fraction of sp³-hybridized carbons (Fsp3) is 0.500. The summed E-state index contributed by atoms with van der Waals surface area (Å²) in [5.41, 5.74) is 2.39. The Morgan fingerprint density at radius 2 is 2.30 bits per heavy atom. The van der Waals surface area contributed by atoms with Gasteiger partial charge in [0.05, 0.1) is 6.61 Å². The Labute approximate surface area is 133 Å². The van der Waals surface area contributed by atoms with Gasteiger partial charge in [-0.2, -0.15) is 0 Å². The molecule has 1 heterocycles. The lowest BCUT2D eigenvalue weighted by Crippen LogP contribution is -2.35. The van der Waals surface area contributed by atoms with Crippen LogP contribution in [0.15, 0.2) is 16.6 Å². The molecule has 0 aromatic heterocycles. The van der Waals surface area contributed by atoms with Crippen molar-refractivity contribution in [3.8, 4) is 5.75 Å². The number of ether oxygens (including phenoxy) is 2. The van der Waals surface area contributed by atoms with Crippen molar-refractivity contribution >= 4 is 33.3 Å². The average Bonchev–Trinajstić information content (AvgIpc) is 2.89. The molecule has 0 saturated carbocycles. The van der Waals surface area contributed by atoms with Crippen molar-refractivity contribution in [3.63, 3.8) is 0 Å². The number of halogens is 1. The Morgan fingerprint density at radius 1 is 1.45 bits per heavy atom. The molecule has 1 aromatic rings. The molecule has 0 fully saturated rings. The second-order valence-electron chi connectivity index (χ2n) is 4.61. The number of rotatable bonds is 6. The van der Waals surface area contributed by atoms with Crippen LogP contribution in [0.2, 0.25) is 0 Å². The van der Waals surface area contributed by atoms with Gasteiger partial charge in [0.25, 0.3) is 0 Å². The fourth-order valence-electron chi connectivity index (χ4n) is 2.13. The molecule has 6 heteroatoms. The monoisotopic (exact) mass is 358 g/mol. The summed E-state index contributed by atoms with van der Waals surface area (Å²) in [6, 6.07) is 4.19. The van der Waals surface area contributed by atoms with E-state index in [-0.39, 0.29) is 0 Å². The van der Waals surface area contributed by atoms with Crippen molar-refractivity contribution in [1.29, 1.82) is 0 Å². The Bertz CT molecular complexity index is 482. The standard InChI is InChI=1S/C14H19BrN2O2S/c1-18-5-2-4-16-14(20)17-9-11-8-12(15)7-10-3-6-19-13(10)11/h7-8H,2-6,9H2,1H3,(H2,16,17,20). The van der Waals surface area contributed by atoms with Gasteiger partial charge < -0.3 is 20.1 Å². The van der Waals surface area contributed by atoms with Crippen LogP contribution in [0.4, 0.5) is 0 Å². The normalized spacial score (nSPS) is 12.7.